The third kappa shape index (κ3) is 4.96. The van der Waals surface area contributed by atoms with Gasteiger partial charge in [-0.15, -0.1) is 22.0 Å². The van der Waals surface area contributed by atoms with Crippen LogP contribution in [0.4, 0.5) is 11.6 Å². The Kier molecular flexibility index (Phi) is 7.12. The van der Waals surface area contributed by atoms with Crippen LogP contribution in [0.15, 0.2) is 58.6 Å². The SMILES string of the molecule is Cc1cccc(-n2c(SCC(=O)N3CC[C@@H](C)Sc4ccccc43)nnc2N2CCOCC2)c1. The second-order valence-corrected chi connectivity index (χ2v) is 11.0. The molecular formula is C25H29N5O2S2. The summed E-state index contributed by atoms with van der Waals surface area (Å²) in [7, 11) is 0. The van der Waals surface area contributed by atoms with Gasteiger partial charge in [-0.05, 0) is 43.2 Å². The zero-order valence-corrected chi connectivity index (χ0v) is 21.1. The number of anilines is 2. The summed E-state index contributed by atoms with van der Waals surface area (Å²) >= 11 is 3.30. The second-order valence-electron chi connectivity index (χ2n) is 8.58. The lowest BCUT2D eigenvalue weighted by molar-refractivity contribution is -0.116. The number of rotatable bonds is 5. The van der Waals surface area contributed by atoms with E-state index in [0.717, 1.165) is 48.5 Å². The van der Waals surface area contributed by atoms with Crippen molar-refractivity contribution in [2.75, 3.05) is 48.4 Å². The zero-order valence-electron chi connectivity index (χ0n) is 19.5. The monoisotopic (exact) mass is 495 g/mol. The summed E-state index contributed by atoms with van der Waals surface area (Å²) in [5.41, 5.74) is 3.18. The molecule has 2 aliphatic heterocycles. The molecule has 178 valence electrons. The lowest BCUT2D eigenvalue weighted by Gasteiger charge is -2.28. The van der Waals surface area contributed by atoms with Gasteiger partial charge in [0.2, 0.25) is 11.9 Å². The maximum absolute atomic E-state index is 13.4. The third-order valence-electron chi connectivity index (χ3n) is 6.04. The van der Waals surface area contributed by atoms with Crippen molar-refractivity contribution in [3.05, 3.63) is 54.1 Å². The van der Waals surface area contributed by atoms with Crippen molar-refractivity contribution in [2.24, 2.45) is 0 Å². The molecule has 0 saturated carbocycles. The molecule has 1 fully saturated rings. The summed E-state index contributed by atoms with van der Waals surface area (Å²) < 4.78 is 7.60. The number of carbonyl (C=O) groups is 1. The van der Waals surface area contributed by atoms with E-state index < -0.39 is 0 Å². The van der Waals surface area contributed by atoms with Gasteiger partial charge in [0.05, 0.1) is 30.3 Å². The quantitative estimate of drug-likeness (QED) is 0.486. The molecule has 34 heavy (non-hydrogen) atoms. The molecule has 3 aromatic rings. The Hall–Kier alpha value is -2.49. The maximum atomic E-state index is 13.4. The number of ether oxygens (including phenoxy) is 1. The summed E-state index contributed by atoms with van der Waals surface area (Å²) in [6.45, 7) is 7.92. The third-order valence-corrected chi connectivity index (χ3v) is 8.19. The summed E-state index contributed by atoms with van der Waals surface area (Å²) in [4.78, 5) is 18.7. The first-order valence-electron chi connectivity index (χ1n) is 11.6. The molecule has 0 spiro atoms. The Morgan fingerprint density at radius 1 is 1.12 bits per heavy atom. The number of amides is 1. The van der Waals surface area contributed by atoms with Crippen molar-refractivity contribution in [1.82, 2.24) is 14.8 Å². The molecule has 1 saturated heterocycles. The fraction of sp³-hybridized carbons (Fsp3) is 0.400. The van der Waals surface area contributed by atoms with Crippen molar-refractivity contribution < 1.29 is 9.53 Å². The predicted molar refractivity (Wildman–Crippen MR) is 139 cm³/mol. The Labute approximate surface area is 208 Å². The number of aryl methyl sites for hydroxylation is 1. The number of carbonyl (C=O) groups excluding carboxylic acids is 1. The summed E-state index contributed by atoms with van der Waals surface area (Å²) in [6, 6.07) is 16.5. The number of morpholine rings is 1. The van der Waals surface area contributed by atoms with Crippen LogP contribution in [0.3, 0.4) is 0 Å². The number of aromatic nitrogens is 3. The summed E-state index contributed by atoms with van der Waals surface area (Å²) in [5.74, 6) is 1.20. The number of para-hydroxylation sites is 1. The van der Waals surface area contributed by atoms with E-state index in [9.17, 15) is 4.79 Å². The Balaban J connectivity index is 1.40. The second kappa shape index (κ2) is 10.4. The number of nitrogens with zero attached hydrogens (tertiary/aromatic N) is 5. The molecule has 2 aromatic carbocycles. The topological polar surface area (TPSA) is 63.5 Å². The maximum Gasteiger partial charge on any atom is 0.237 e. The largest absolute Gasteiger partial charge is 0.378 e. The van der Waals surface area contributed by atoms with Crippen molar-refractivity contribution in [3.63, 3.8) is 0 Å². The molecule has 0 N–H and O–H groups in total. The normalized spacial score (nSPS) is 18.5. The molecule has 0 unspecified atom stereocenters. The van der Waals surface area contributed by atoms with E-state index in [1.807, 2.05) is 34.9 Å². The van der Waals surface area contributed by atoms with Crippen LogP contribution in [0.1, 0.15) is 18.9 Å². The highest BCUT2D eigenvalue weighted by Crippen LogP contribution is 2.38. The van der Waals surface area contributed by atoms with Gasteiger partial charge in [0.1, 0.15) is 0 Å². The number of benzene rings is 2. The van der Waals surface area contributed by atoms with Crippen molar-refractivity contribution >= 4 is 41.1 Å². The van der Waals surface area contributed by atoms with Gasteiger partial charge in [-0.2, -0.15) is 0 Å². The van der Waals surface area contributed by atoms with Crippen molar-refractivity contribution in [3.8, 4) is 5.69 Å². The van der Waals surface area contributed by atoms with E-state index in [0.29, 0.717) is 24.2 Å². The van der Waals surface area contributed by atoms with Crippen LogP contribution in [0.5, 0.6) is 0 Å². The van der Waals surface area contributed by atoms with Crippen LogP contribution in [-0.2, 0) is 9.53 Å². The molecule has 1 aromatic heterocycles. The minimum Gasteiger partial charge on any atom is -0.378 e. The van der Waals surface area contributed by atoms with E-state index >= 15 is 0 Å². The first-order valence-corrected chi connectivity index (χ1v) is 13.5. The van der Waals surface area contributed by atoms with Crippen LogP contribution in [0, 0.1) is 6.92 Å². The van der Waals surface area contributed by atoms with Crippen LogP contribution < -0.4 is 9.80 Å². The van der Waals surface area contributed by atoms with E-state index in [1.165, 1.54) is 22.2 Å². The Bertz CT molecular complexity index is 1160. The molecule has 5 rings (SSSR count). The average Bonchev–Trinajstić information content (AvgIpc) is 3.20. The average molecular weight is 496 g/mol. The molecule has 0 aliphatic carbocycles. The standard InChI is InChI=1S/C25H29N5O2S2/c1-18-6-5-7-20(16-18)30-24(28-12-14-32-15-13-28)26-27-25(30)33-17-23(31)29-11-10-19(2)34-22-9-4-3-8-21(22)29/h3-9,16,19H,10-15,17H2,1-2H3/t19-/m1/s1. The molecule has 1 atom stereocenters. The smallest absolute Gasteiger partial charge is 0.237 e. The summed E-state index contributed by atoms with van der Waals surface area (Å²) in [6.07, 6.45) is 0.969. The van der Waals surface area contributed by atoms with Gasteiger partial charge in [0, 0.05) is 29.8 Å². The van der Waals surface area contributed by atoms with Gasteiger partial charge in [-0.1, -0.05) is 43.0 Å². The van der Waals surface area contributed by atoms with Gasteiger partial charge in [0.25, 0.3) is 0 Å². The fourth-order valence-corrected chi connectivity index (χ4v) is 6.20. The number of fused-ring (bicyclic) bond motifs is 1. The van der Waals surface area contributed by atoms with E-state index in [1.54, 1.807) is 0 Å². The highest BCUT2D eigenvalue weighted by atomic mass is 32.2. The molecule has 3 heterocycles. The molecule has 0 bridgehead atoms. The highest BCUT2D eigenvalue weighted by molar-refractivity contribution is 8.00. The first kappa shape index (κ1) is 23.3. The first-order chi connectivity index (χ1) is 16.6. The van der Waals surface area contributed by atoms with E-state index in [-0.39, 0.29) is 5.91 Å². The van der Waals surface area contributed by atoms with Gasteiger partial charge >= 0.3 is 0 Å². The van der Waals surface area contributed by atoms with Crippen LogP contribution in [-0.4, -0.2) is 64.5 Å². The van der Waals surface area contributed by atoms with Gasteiger partial charge < -0.3 is 14.5 Å². The van der Waals surface area contributed by atoms with Crippen LogP contribution in [0.25, 0.3) is 5.69 Å². The lowest BCUT2D eigenvalue weighted by atomic mass is 10.2. The minimum atomic E-state index is 0.0962. The zero-order chi connectivity index (χ0) is 23.5. The van der Waals surface area contributed by atoms with Crippen molar-refractivity contribution in [2.45, 2.75) is 35.6 Å². The minimum absolute atomic E-state index is 0.0962. The fourth-order valence-electron chi connectivity index (χ4n) is 4.27. The Morgan fingerprint density at radius 3 is 2.76 bits per heavy atom. The summed E-state index contributed by atoms with van der Waals surface area (Å²) in [5, 5.41) is 10.2. The molecule has 2 aliphatic rings. The van der Waals surface area contributed by atoms with E-state index in [4.69, 9.17) is 4.74 Å². The van der Waals surface area contributed by atoms with E-state index in [2.05, 4.69) is 63.8 Å². The lowest BCUT2D eigenvalue weighted by Crippen LogP contribution is -2.38. The van der Waals surface area contributed by atoms with Crippen LogP contribution in [0.2, 0.25) is 0 Å². The van der Waals surface area contributed by atoms with Crippen LogP contribution >= 0.6 is 23.5 Å². The van der Waals surface area contributed by atoms with Crippen molar-refractivity contribution in [1.29, 1.82) is 0 Å². The van der Waals surface area contributed by atoms with Gasteiger partial charge in [-0.25, -0.2) is 0 Å². The predicted octanol–water partition coefficient (Wildman–Crippen LogP) is 4.42. The number of hydrogen-bond donors (Lipinski definition) is 0. The Morgan fingerprint density at radius 2 is 1.94 bits per heavy atom. The number of thioether (sulfide) groups is 2. The number of hydrogen-bond acceptors (Lipinski definition) is 7. The molecule has 7 nitrogen and oxygen atoms in total. The van der Waals surface area contributed by atoms with Gasteiger partial charge in [-0.3, -0.25) is 9.36 Å². The molecule has 1 amide bonds. The molecule has 9 heteroatoms. The highest BCUT2D eigenvalue weighted by Gasteiger charge is 2.26. The van der Waals surface area contributed by atoms with Gasteiger partial charge in [0.15, 0.2) is 5.16 Å². The molecule has 0 radical (unpaired) electrons. The molecular weight excluding hydrogens is 466 g/mol.